The molecule has 0 saturated heterocycles. The molecule has 5 nitrogen and oxygen atoms in total. The van der Waals surface area contributed by atoms with E-state index in [-0.39, 0.29) is 23.7 Å². The summed E-state index contributed by atoms with van der Waals surface area (Å²) in [6.07, 6.45) is 3.18. The minimum Gasteiger partial charge on any atom is -0.381 e. The van der Waals surface area contributed by atoms with Crippen LogP contribution in [-0.4, -0.2) is 37.2 Å². The van der Waals surface area contributed by atoms with E-state index in [0.717, 1.165) is 12.8 Å². The summed E-state index contributed by atoms with van der Waals surface area (Å²) in [6, 6.07) is 0. The number of nitrogens with one attached hydrogen (secondary N) is 1. The maximum absolute atomic E-state index is 11.6. The van der Waals surface area contributed by atoms with Crippen LogP contribution in [0, 0.1) is 5.41 Å². The SMILES string of the molecule is CC(=O)NCC(=O)CCOCCCCC(=O)CC(C)(C)C. The quantitative estimate of drug-likeness (QED) is 0.594. The molecule has 122 valence electrons. The van der Waals surface area contributed by atoms with Crippen molar-refractivity contribution >= 4 is 17.5 Å². The highest BCUT2D eigenvalue weighted by Crippen LogP contribution is 2.20. The summed E-state index contributed by atoms with van der Waals surface area (Å²) in [5, 5.41) is 2.46. The lowest BCUT2D eigenvalue weighted by Gasteiger charge is -2.16. The van der Waals surface area contributed by atoms with Gasteiger partial charge in [0.05, 0.1) is 13.2 Å². The van der Waals surface area contributed by atoms with Crippen molar-refractivity contribution in [3.63, 3.8) is 0 Å². The largest absolute Gasteiger partial charge is 0.381 e. The van der Waals surface area contributed by atoms with Gasteiger partial charge in [0.1, 0.15) is 5.78 Å². The minimum absolute atomic E-state index is 0.0365. The van der Waals surface area contributed by atoms with Crippen molar-refractivity contribution in [2.45, 2.75) is 59.8 Å². The molecule has 0 aliphatic rings. The molecule has 0 radical (unpaired) electrons. The van der Waals surface area contributed by atoms with E-state index in [1.807, 2.05) is 0 Å². The van der Waals surface area contributed by atoms with Crippen LogP contribution in [0.3, 0.4) is 0 Å². The normalized spacial score (nSPS) is 11.2. The molecule has 0 unspecified atom stereocenters. The molecule has 0 aromatic heterocycles. The molecule has 0 atom stereocenters. The van der Waals surface area contributed by atoms with Crippen molar-refractivity contribution < 1.29 is 19.1 Å². The first-order valence-corrected chi connectivity index (χ1v) is 7.56. The molecule has 0 spiro atoms. The topological polar surface area (TPSA) is 72.5 Å². The van der Waals surface area contributed by atoms with Gasteiger partial charge < -0.3 is 10.1 Å². The van der Waals surface area contributed by atoms with Crippen LogP contribution < -0.4 is 5.32 Å². The van der Waals surface area contributed by atoms with E-state index >= 15 is 0 Å². The molecule has 1 N–H and O–H groups in total. The Morgan fingerprint density at radius 3 is 2.19 bits per heavy atom. The zero-order valence-corrected chi connectivity index (χ0v) is 13.8. The van der Waals surface area contributed by atoms with Gasteiger partial charge >= 0.3 is 0 Å². The molecule has 0 aromatic carbocycles. The molecular formula is C16H29NO4. The molecule has 0 aliphatic carbocycles. The second kappa shape index (κ2) is 10.5. The standard InChI is InChI=1S/C16H29NO4/c1-13(18)17-12-15(20)8-10-21-9-6-5-7-14(19)11-16(2,3)4/h5-12H2,1-4H3,(H,17,18). The zero-order chi connectivity index (χ0) is 16.3. The average Bonchev–Trinajstić information content (AvgIpc) is 2.33. The van der Waals surface area contributed by atoms with Crippen LogP contribution in [0.5, 0.6) is 0 Å². The van der Waals surface area contributed by atoms with Crippen molar-refractivity contribution in [3.8, 4) is 0 Å². The van der Waals surface area contributed by atoms with Crippen LogP contribution in [0.4, 0.5) is 0 Å². The fraction of sp³-hybridized carbons (Fsp3) is 0.812. The number of rotatable bonds is 11. The minimum atomic E-state index is -0.204. The van der Waals surface area contributed by atoms with Crippen LogP contribution in [0.1, 0.15) is 59.8 Å². The fourth-order valence-corrected chi connectivity index (χ4v) is 1.81. The van der Waals surface area contributed by atoms with Gasteiger partial charge in [0.15, 0.2) is 5.78 Å². The number of carbonyl (C=O) groups excluding carboxylic acids is 3. The first kappa shape index (κ1) is 19.8. The number of Topliss-reactive ketones (excluding diaryl/α,β-unsaturated/α-hetero) is 2. The van der Waals surface area contributed by atoms with Gasteiger partial charge in [-0.25, -0.2) is 0 Å². The van der Waals surface area contributed by atoms with Crippen molar-refractivity contribution in [2.75, 3.05) is 19.8 Å². The number of amides is 1. The second-order valence-corrected chi connectivity index (χ2v) is 6.54. The number of ether oxygens (including phenoxy) is 1. The van der Waals surface area contributed by atoms with Gasteiger partial charge in [-0.15, -0.1) is 0 Å². The third-order valence-electron chi connectivity index (χ3n) is 2.78. The predicted octanol–water partition coefficient (Wildman–Crippen LogP) is 2.27. The van der Waals surface area contributed by atoms with E-state index in [4.69, 9.17) is 4.74 Å². The van der Waals surface area contributed by atoms with E-state index in [1.54, 1.807) is 0 Å². The van der Waals surface area contributed by atoms with Gasteiger partial charge in [-0.05, 0) is 18.3 Å². The van der Waals surface area contributed by atoms with Crippen LogP contribution >= 0.6 is 0 Å². The molecule has 0 rings (SSSR count). The summed E-state index contributed by atoms with van der Waals surface area (Å²) in [5.41, 5.74) is 0.0574. The Morgan fingerprint density at radius 1 is 0.952 bits per heavy atom. The Bertz CT molecular complexity index is 345. The summed E-state index contributed by atoms with van der Waals surface area (Å²) in [7, 11) is 0. The highest BCUT2D eigenvalue weighted by atomic mass is 16.5. The van der Waals surface area contributed by atoms with Gasteiger partial charge in [0, 0.05) is 32.8 Å². The molecule has 0 fully saturated rings. The van der Waals surface area contributed by atoms with E-state index in [0.29, 0.717) is 38.3 Å². The van der Waals surface area contributed by atoms with E-state index in [1.165, 1.54) is 6.92 Å². The maximum Gasteiger partial charge on any atom is 0.217 e. The summed E-state index contributed by atoms with van der Waals surface area (Å²) < 4.78 is 5.35. The Hall–Kier alpha value is -1.23. The molecule has 5 heteroatoms. The van der Waals surface area contributed by atoms with E-state index in [9.17, 15) is 14.4 Å². The Balaban J connectivity index is 3.42. The predicted molar refractivity (Wildman–Crippen MR) is 82.1 cm³/mol. The Morgan fingerprint density at radius 2 is 1.62 bits per heavy atom. The van der Waals surface area contributed by atoms with E-state index < -0.39 is 0 Å². The number of hydrogen-bond acceptors (Lipinski definition) is 4. The monoisotopic (exact) mass is 299 g/mol. The number of carbonyl (C=O) groups is 3. The molecule has 0 aromatic rings. The molecule has 21 heavy (non-hydrogen) atoms. The van der Waals surface area contributed by atoms with Crippen molar-refractivity contribution in [1.82, 2.24) is 5.32 Å². The third-order valence-corrected chi connectivity index (χ3v) is 2.78. The van der Waals surface area contributed by atoms with Gasteiger partial charge in [-0.2, -0.15) is 0 Å². The summed E-state index contributed by atoms with van der Waals surface area (Å²) in [4.78, 5) is 33.6. The number of hydrogen-bond donors (Lipinski definition) is 1. The first-order chi connectivity index (χ1) is 9.70. The van der Waals surface area contributed by atoms with Crippen LogP contribution in [0.25, 0.3) is 0 Å². The second-order valence-electron chi connectivity index (χ2n) is 6.54. The van der Waals surface area contributed by atoms with Gasteiger partial charge in [0.25, 0.3) is 0 Å². The van der Waals surface area contributed by atoms with Crippen LogP contribution in [0.15, 0.2) is 0 Å². The van der Waals surface area contributed by atoms with Crippen LogP contribution in [0.2, 0.25) is 0 Å². The molecular weight excluding hydrogens is 270 g/mol. The van der Waals surface area contributed by atoms with Gasteiger partial charge in [-0.3, -0.25) is 14.4 Å². The van der Waals surface area contributed by atoms with Crippen molar-refractivity contribution in [3.05, 3.63) is 0 Å². The summed E-state index contributed by atoms with van der Waals surface area (Å²) in [6.45, 7) is 8.57. The molecule has 0 bridgehead atoms. The maximum atomic E-state index is 11.6. The van der Waals surface area contributed by atoms with E-state index in [2.05, 4.69) is 26.1 Å². The smallest absolute Gasteiger partial charge is 0.217 e. The summed E-state index contributed by atoms with van der Waals surface area (Å²) in [5.74, 6) is 0.0581. The molecule has 0 heterocycles. The van der Waals surface area contributed by atoms with Gasteiger partial charge in [-0.1, -0.05) is 20.8 Å². The van der Waals surface area contributed by atoms with Crippen LogP contribution in [-0.2, 0) is 19.1 Å². The average molecular weight is 299 g/mol. The van der Waals surface area contributed by atoms with Crippen molar-refractivity contribution in [1.29, 1.82) is 0 Å². The Labute approximate surface area is 127 Å². The highest BCUT2D eigenvalue weighted by molar-refractivity contribution is 5.85. The zero-order valence-electron chi connectivity index (χ0n) is 13.8. The highest BCUT2D eigenvalue weighted by Gasteiger charge is 2.15. The number of ketones is 2. The lowest BCUT2D eigenvalue weighted by atomic mass is 9.88. The molecule has 0 saturated carbocycles. The first-order valence-electron chi connectivity index (χ1n) is 7.56. The fourth-order valence-electron chi connectivity index (χ4n) is 1.81. The molecule has 1 amide bonds. The number of unbranched alkanes of at least 4 members (excludes halogenated alkanes) is 1. The summed E-state index contributed by atoms with van der Waals surface area (Å²) >= 11 is 0. The van der Waals surface area contributed by atoms with Gasteiger partial charge in [0.2, 0.25) is 5.91 Å². The lowest BCUT2D eigenvalue weighted by Crippen LogP contribution is -2.27. The third kappa shape index (κ3) is 15.0. The van der Waals surface area contributed by atoms with Crippen molar-refractivity contribution in [2.24, 2.45) is 5.41 Å². The Kier molecular flexibility index (Phi) is 9.88. The molecule has 0 aliphatic heterocycles. The lowest BCUT2D eigenvalue weighted by molar-refractivity contribution is -0.124.